The van der Waals surface area contributed by atoms with Crippen LogP contribution >= 0.6 is 11.8 Å². The molecule has 3 aliphatic rings. The van der Waals surface area contributed by atoms with Crippen molar-refractivity contribution in [2.45, 2.75) is 50.9 Å². The normalized spacial score (nSPS) is 25.5. The van der Waals surface area contributed by atoms with Gasteiger partial charge in [0.2, 0.25) is 0 Å². The number of nitrogens with zero attached hydrogens (tertiary/aromatic N) is 3. The third-order valence-corrected chi connectivity index (χ3v) is 7.70. The van der Waals surface area contributed by atoms with Gasteiger partial charge in [-0.3, -0.25) is 4.90 Å². The summed E-state index contributed by atoms with van der Waals surface area (Å²) in [6.07, 6.45) is 9.84. The number of piperidine rings is 1. The second-order valence-corrected chi connectivity index (χ2v) is 10.1. The highest BCUT2D eigenvalue weighted by Gasteiger charge is 2.46. The molecule has 0 amide bonds. The summed E-state index contributed by atoms with van der Waals surface area (Å²) in [5.74, 6) is -0.237. The molecule has 2 atom stereocenters. The molecule has 2 unspecified atom stereocenters. The molecule has 2 aliphatic heterocycles. The Morgan fingerprint density at radius 3 is 2.45 bits per heavy atom. The molecule has 2 saturated heterocycles. The molecule has 0 aromatic heterocycles. The van der Waals surface area contributed by atoms with Crippen LogP contribution in [0.3, 0.4) is 0 Å². The molecular formula is C25H32F3N3OS. The van der Waals surface area contributed by atoms with Gasteiger partial charge in [-0.05, 0) is 62.7 Å². The predicted molar refractivity (Wildman–Crippen MR) is 128 cm³/mol. The minimum absolute atomic E-state index is 0.237. The van der Waals surface area contributed by atoms with Crippen LogP contribution in [-0.4, -0.2) is 66.2 Å². The van der Waals surface area contributed by atoms with Crippen molar-refractivity contribution in [3.8, 4) is 0 Å². The molecule has 0 saturated carbocycles. The summed E-state index contributed by atoms with van der Waals surface area (Å²) in [4.78, 5) is 9.58. The molecule has 1 aromatic carbocycles. The summed E-state index contributed by atoms with van der Waals surface area (Å²) in [5.41, 5.74) is 2.12. The number of halogens is 3. The van der Waals surface area contributed by atoms with E-state index in [0.29, 0.717) is 24.3 Å². The van der Waals surface area contributed by atoms with E-state index in [4.69, 9.17) is 4.99 Å². The zero-order valence-corrected chi connectivity index (χ0v) is 19.9. The van der Waals surface area contributed by atoms with Crippen molar-refractivity contribution >= 4 is 16.9 Å². The fraction of sp³-hybridized carbons (Fsp3) is 0.560. The summed E-state index contributed by atoms with van der Waals surface area (Å²) in [7, 11) is 0. The maximum atomic E-state index is 13.1. The van der Waals surface area contributed by atoms with Gasteiger partial charge in [0.25, 0.3) is 0 Å². The maximum Gasteiger partial charge on any atom is 0.345 e. The van der Waals surface area contributed by atoms with E-state index in [1.165, 1.54) is 12.1 Å². The third-order valence-electron chi connectivity index (χ3n) is 6.98. The number of rotatable bonds is 6. The largest absolute Gasteiger partial charge is 0.350 e. The first-order chi connectivity index (χ1) is 15.9. The van der Waals surface area contributed by atoms with Gasteiger partial charge in [0.1, 0.15) is 5.82 Å². The van der Waals surface area contributed by atoms with Crippen LogP contribution in [0.25, 0.3) is 0 Å². The highest BCUT2D eigenvalue weighted by atomic mass is 32.2. The first kappa shape index (κ1) is 24.4. The molecule has 33 heavy (non-hydrogen) atoms. The number of thioether (sulfide) groups is 1. The molecule has 1 aromatic rings. The molecule has 1 spiro atoms. The fourth-order valence-corrected chi connectivity index (χ4v) is 5.74. The Bertz CT molecular complexity index is 873. The minimum atomic E-state index is -2.71. The number of hydrogen-bond donors (Lipinski definition) is 0. The number of benzene rings is 1. The number of aliphatic imine (C=N–C) groups is 1. The standard InChI is InChI=1S/C25H32F3N3OS/c1-18(15-19-3-5-20(26)6-4-19)29-24(33-2)31-16-25(17-31)11-13-30(14-12-25)21-7-9-22(10-8-21)32-23(27)28/h3-7,9,21-23H,1,8,10-17H2,2H3/b29-24-. The van der Waals surface area contributed by atoms with Crippen molar-refractivity contribution < 1.29 is 17.9 Å². The number of hydrogen-bond acceptors (Lipinski definition) is 4. The molecule has 2 fully saturated rings. The summed E-state index contributed by atoms with van der Waals surface area (Å²) in [6.45, 7) is 5.48. The Labute approximate surface area is 198 Å². The highest BCUT2D eigenvalue weighted by molar-refractivity contribution is 8.13. The van der Waals surface area contributed by atoms with Crippen molar-refractivity contribution in [1.29, 1.82) is 0 Å². The zero-order valence-electron chi connectivity index (χ0n) is 19.1. The lowest BCUT2D eigenvalue weighted by molar-refractivity contribution is -0.153. The van der Waals surface area contributed by atoms with Crippen molar-refractivity contribution in [3.05, 3.63) is 60.1 Å². The Morgan fingerprint density at radius 2 is 1.88 bits per heavy atom. The first-order valence-electron chi connectivity index (χ1n) is 11.5. The molecule has 1 aliphatic carbocycles. The lowest BCUT2D eigenvalue weighted by Crippen LogP contribution is -2.62. The zero-order chi connectivity index (χ0) is 23.4. The summed E-state index contributed by atoms with van der Waals surface area (Å²) in [5, 5.41) is 0.996. The molecule has 0 N–H and O–H groups in total. The van der Waals surface area contributed by atoms with Gasteiger partial charge < -0.3 is 9.64 Å². The molecular weight excluding hydrogens is 447 g/mol. The number of likely N-dealkylation sites (tertiary alicyclic amines) is 2. The number of amidine groups is 1. The number of ether oxygens (including phenoxy) is 1. The van der Waals surface area contributed by atoms with Crippen LogP contribution in [0.2, 0.25) is 0 Å². The van der Waals surface area contributed by atoms with Gasteiger partial charge in [-0.25, -0.2) is 9.38 Å². The second-order valence-electron chi connectivity index (χ2n) is 9.32. The summed E-state index contributed by atoms with van der Waals surface area (Å²) < 4.78 is 42.5. The predicted octanol–water partition coefficient (Wildman–Crippen LogP) is 5.33. The average molecular weight is 480 g/mol. The lowest BCUT2D eigenvalue weighted by Gasteiger charge is -2.55. The van der Waals surface area contributed by atoms with Gasteiger partial charge in [-0.15, -0.1) is 0 Å². The SMILES string of the molecule is C=C(Cc1ccc(F)cc1)/N=C(\SC)N1CC2(CCN(C3C=CC(OC(F)F)CC3)CC2)C1. The Hall–Kier alpha value is -1.77. The Balaban J connectivity index is 1.25. The van der Waals surface area contributed by atoms with Crippen LogP contribution < -0.4 is 0 Å². The Morgan fingerprint density at radius 1 is 1.18 bits per heavy atom. The van der Waals surface area contributed by atoms with Crippen LogP contribution in [0.4, 0.5) is 13.2 Å². The van der Waals surface area contributed by atoms with Gasteiger partial charge in [0, 0.05) is 36.7 Å². The van der Waals surface area contributed by atoms with Crippen LogP contribution in [0.15, 0.2) is 53.7 Å². The average Bonchev–Trinajstić information content (AvgIpc) is 2.78. The van der Waals surface area contributed by atoms with Crippen molar-refractivity contribution in [1.82, 2.24) is 9.80 Å². The van der Waals surface area contributed by atoms with E-state index in [-0.39, 0.29) is 5.82 Å². The second kappa shape index (κ2) is 10.7. The molecule has 180 valence electrons. The van der Waals surface area contributed by atoms with E-state index in [1.807, 2.05) is 12.3 Å². The van der Waals surface area contributed by atoms with Gasteiger partial charge in [0.15, 0.2) is 5.17 Å². The maximum absolute atomic E-state index is 13.1. The molecule has 4 rings (SSSR count). The van der Waals surface area contributed by atoms with Gasteiger partial charge in [-0.2, -0.15) is 8.78 Å². The van der Waals surface area contributed by atoms with Gasteiger partial charge in [0.05, 0.1) is 6.10 Å². The molecule has 8 heteroatoms. The van der Waals surface area contributed by atoms with Crippen LogP contribution in [0.1, 0.15) is 31.2 Å². The smallest absolute Gasteiger partial charge is 0.345 e. The monoisotopic (exact) mass is 479 g/mol. The van der Waals surface area contributed by atoms with E-state index in [9.17, 15) is 13.2 Å². The van der Waals surface area contributed by atoms with E-state index in [1.54, 1.807) is 30.0 Å². The van der Waals surface area contributed by atoms with Gasteiger partial charge in [-0.1, -0.05) is 42.6 Å². The lowest BCUT2D eigenvalue weighted by atomic mass is 9.72. The van der Waals surface area contributed by atoms with Crippen LogP contribution in [0, 0.1) is 11.2 Å². The number of allylic oxidation sites excluding steroid dienone is 1. The third kappa shape index (κ3) is 6.22. The molecule has 0 radical (unpaired) electrons. The Kier molecular flexibility index (Phi) is 7.87. The fourth-order valence-electron chi connectivity index (χ4n) is 5.13. The van der Waals surface area contributed by atoms with E-state index in [0.717, 1.165) is 61.9 Å². The van der Waals surface area contributed by atoms with E-state index >= 15 is 0 Å². The topological polar surface area (TPSA) is 28.1 Å². The molecule has 0 bridgehead atoms. The number of alkyl halides is 2. The van der Waals surface area contributed by atoms with E-state index in [2.05, 4.69) is 21.1 Å². The van der Waals surface area contributed by atoms with Crippen LogP contribution in [0.5, 0.6) is 0 Å². The van der Waals surface area contributed by atoms with Crippen molar-refractivity contribution in [3.63, 3.8) is 0 Å². The molecule has 4 nitrogen and oxygen atoms in total. The summed E-state index contributed by atoms with van der Waals surface area (Å²) >= 11 is 1.64. The van der Waals surface area contributed by atoms with Crippen molar-refractivity contribution in [2.24, 2.45) is 10.4 Å². The molecule has 2 heterocycles. The minimum Gasteiger partial charge on any atom is -0.350 e. The first-order valence-corrected chi connectivity index (χ1v) is 12.7. The van der Waals surface area contributed by atoms with Crippen LogP contribution in [-0.2, 0) is 11.2 Å². The highest BCUT2D eigenvalue weighted by Crippen LogP contribution is 2.42. The van der Waals surface area contributed by atoms with Gasteiger partial charge >= 0.3 is 6.61 Å². The summed E-state index contributed by atoms with van der Waals surface area (Å²) in [6, 6.07) is 6.80. The van der Waals surface area contributed by atoms with E-state index < -0.39 is 12.7 Å². The quantitative estimate of drug-likeness (QED) is 0.313. The van der Waals surface area contributed by atoms with Crippen molar-refractivity contribution in [2.75, 3.05) is 32.4 Å².